The lowest BCUT2D eigenvalue weighted by Crippen LogP contribution is -2.34. The third-order valence-electron chi connectivity index (χ3n) is 3.29. The minimum absolute atomic E-state index is 0.0402. The zero-order valence-corrected chi connectivity index (χ0v) is 11.5. The maximum Gasteiger partial charge on any atom is 0.234 e. The van der Waals surface area contributed by atoms with E-state index in [1.807, 2.05) is 19.1 Å². The van der Waals surface area contributed by atoms with Gasteiger partial charge in [-0.3, -0.25) is 4.79 Å². The second-order valence-electron chi connectivity index (χ2n) is 5.07. The van der Waals surface area contributed by atoms with Crippen molar-refractivity contribution in [3.8, 4) is 0 Å². The van der Waals surface area contributed by atoms with Gasteiger partial charge < -0.3 is 21.6 Å². The van der Waals surface area contributed by atoms with Gasteiger partial charge in [-0.25, -0.2) is 0 Å². The summed E-state index contributed by atoms with van der Waals surface area (Å²) in [5.41, 5.74) is 8.33. The fraction of sp³-hybridized carbons (Fsp3) is 0.429. The van der Waals surface area contributed by atoms with Crippen molar-refractivity contribution in [1.29, 1.82) is 0 Å². The van der Waals surface area contributed by atoms with Crippen molar-refractivity contribution in [2.24, 2.45) is 10.9 Å². The molecular weight excluding hydrogens is 256 g/mol. The summed E-state index contributed by atoms with van der Waals surface area (Å²) in [5.74, 6) is 0.134. The summed E-state index contributed by atoms with van der Waals surface area (Å²) in [5, 5.41) is 17.6. The average molecular weight is 276 g/mol. The highest BCUT2D eigenvalue weighted by Gasteiger charge is 2.22. The van der Waals surface area contributed by atoms with Gasteiger partial charge in [0.1, 0.15) is 0 Å². The fourth-order valence-electron chi connectivity index (χ4n) is 1.93. The van der Waals surface area contributed by atoms with Gasteiger partial charge in [0.2, 0.25) is 5.91 Å². The molecule has 0 aromatic heterocycles. The summed E-state index contributed by atoms with van der Waals surface area (Å²) in [6.07, 6.45) is 2.19. The first-order valence-electron chi connectivity index (χ1n) is 6.67. The van der Waals surface area contributed by atoms with E-state index in [-0.39, 0.29) is 11.7 Å². The molecule has 1 saturated carbocycles. The molecule has 1 amide bonds. The van der Waals surface area contributed by atoms with Gasteiger partial charge in [-0.15, -0.1) is 0 Å². The molecule has 1 aliphatic rings. The molecule has 20 heavy (non-hydrogen) atoms. The van der Waals surface area contributed by atoms with Crippen LogP contribution in [0.1, 0.15) is 29.5 Å². The second kappa shape index (κ2) is 6.38. The van der Waals surface area contributed by atoms with Gasteiger partial charge in [0.05, 0.1) is 6.54 Å². The molecule has 0 saturated heterocycles. The van der Waals surface area contributed by atoms with Crippen molar-refractivity contribution in [2.75, 3.05) is 6.54 Å². The molecule has 1 fully saturated rings. The van der Waals surface area contributed by atoms with E-state index in [1.54, 1.807) is 6.07 Å². The van der Waals surface area contributed by atoms with Crippen LogP contribution in [0.15, 0.2) is 23.4 Å². The fourth-order valence-corrected chi connectivity index (χ4v) is 1.93. The Balaban J connectivity index is 1.84. The Labute approximate surface area is 118 Å². The molecule has 0 aliphatic heterocycles. The number of nitrogens with one attached hydrogen (secondary N) is 2. The molecule has 0 spiro atoms. The molecule has 0 radical (unpaired) electrons. The zero-order chi connectivity index (χ0) is 14.5. The number of carbonyl (C=O) groups is 1. The molecule has 5 N–H and O–H groups in total. The molecule has 6 heteroatoms. The van der Waals surface area contributed by atoms with Crippen LogP contribution < -0.4 is 16.4 Å². The first-order valence-corrected chi connectivity index (χ1v) is 6.67. The lowest BCUT2D eigenvalue weighted by Gasteiger charge is -2.09. The van der Waals surface area contributed by atoms with Gasteiger partial charge in [0, 0.05) is 18.2 Å². The minimum atomic E-state index is 0.0402. The zero-order valence-electron chi connectivity index (χ0n) is 11.5. The van der Waals surface area contributed by atoms with E-state index in [2.05, 4.69) is 15.8 Å². The van der Waals surface area contributed by atoms with E-state index >= 15 is 0 Å². The molecule has 0 heterocycles. The largest absolute Gasteiger partial charge is 0.409 e. The smallest absolute Gasteiger partial charge is 0.234 e. The van der Waals surface area contributed by atoms with Crippen molar-refractivity contribution in [1.82, 2.24) is 10.6 Å². The topological polar surface area (TPSA) is 99.7 Å². The average Bonchev–Trinajstić information content (AvgIpc) is 3.23. The summed E-state index contributed by atoms with van der Waals surface area (Å²) in [6, 6.07) is 5.96. The number of amides is 1. The molecule has 0 unspecified atom stereocenters. The summed E-state index contributed by atoms with van der Waals surface area (Å²) in [4.78, 5) is 11.5. The van der Waals surface area contributed by atoms with Crippen LogP contribution in [-0.2, 0) is 11.3 Å². The molecule has 1 aromatic carbocycles. The van der Waals surface area contributed by atoms with Crippen molar-refractivity contribution < 1.29 is 10.0 Å². The molecule has 1 aliphatic carbocycles. The Hall–Kier alpha value is -2.08. The van der Waals surface area contributed by atoms with Gasteiger partial charge in [-0.05, 0) is 37.0 Å². The van der Waals surface area contributed by atoms with E-state index < -0.39 is 0 Å². The van der Waals surface area contributed by atoms with Crippen LogP contribution in [-0.4, -0.2) is 29.5 Å². The van der Waals surface area contributed by atoms with Crippen molar-refractivity contribution in [3.05, 3.63) is 34.9 Å². The standard InChI is InChI=1S/C14H20N4O2/c1-9-6-10(14(15)18-20)2-3-11(9)7-16-8-13(19)17-12-4-5-12/h2-3,6,12,16,20H,4-5,7-8H2,1H3,(H2,15,18)(H,17,19). The maximum atomic E-state index is 11.5. The van der Waals surface area contributed by atoms with E-state index in [0.717, 1.165) is 24.0 Å². The minimum Gasteiger partial charge on any atom is -0.409 e. The number of hydrogen-bond donors (Lipinski definition) is 4. The first-order chi connectivity index (χ1) is 9.60. The van der Waals surface area contributed by atoms with Crippen LogP contribution in [0.3, 0.4) is 0 Å². The van der Waals surface area contributed by atoms with Crippen LogP contribution in [0.25, 0.3) is 0 Å². The predicted molar refractivity (Wildman–Crippen MR) is 76.6 cm³/mol. The van der Waals surface area contributed by atoms with E-state index in [0.29, 0.717) is 24.7 Å². The van der Waals surface area contributed by atoms with E-state index in [1.165, 1.54) is 0 Å². The lowest BCUT2D eigenvalue weighted by molar-refractivity contribution is -0.120. The highest BCUT2D eigenvalue weighted by atomic mass is 16.4. The highest BCUT2D eigenvalue weighted by molar-refractivity contribution is 5.97. The number of amidine groups is 1. The number of carbonyl (C=O) groups excluding carboxylic acids is 1. The Kier molecular flexibility index (Phi) is 4.57. The van der Waals surface area contributed by atoms with Gasteiger partial charge in [0.25, 0.3) is 0 Å². The van der Waals surface area contributed by atoms with Crippen LogP contribution >= 0.6 is 0 Å². The highest BCUT2D eigenvalue weighted by Crippen LogP contribution is 2.18. The number of aryl methyl sites for hydroxylation is 1. The Morgan fingerprint density at radius 3 is 2.85 bits per heavy atom. The number of rotatable bonds is 6. The van der Waals surface area contributed by atoms with Crippen LogP contribution in [0, 0.1) is 6.92 Å². The van der Waals surface area contributed by atoms with Crippen molar-refractivity contribution >= 4 is 11.7 Å². The Morgan fingerprint density at radius 2 is 2.25 bits per heavy atom. The molecule has 1 aromatic rings. The van der Waals surface area contributed by atoms with Crippen LogP contribution in [0.2, 0.25) is 0 Å². The predicted octanol–water partition coefficient (Wildman–Crippen LogP) is 0.458. The SMILES string of the molecule is Cc1cc(/C(N)=N/O)ccc1CNCC(=O)NC1CC1. The molecule has 108 valence electrons. The monoisotopic (exact) mass is 276 g/mol. The summed E-state index contributed by atoms with van der Waals surface area (Å²) in [7, 11) is 0. The maximum absolute atomic E-state index is 11.5. The normalized spacial score (nSPS) is 15.2. The van der Waals surface area contributed by atoms with Gasteiger partial charge in [-0.1, -0.05) is 17.3 Å². The molecule has 0 atom stereocenters. The first kappa shape index (κ1) is 14.3. The number of hydrogen-bond acceptors (Lipinski definition) is 4. The molecule has 6 nitrogen and oxygen atoms in total. The summed E-state index contributed by atoms with van der Waals surface area (Å²) >= 11 is 0. The quantitative estimate of drug-likeness (QED) is 0.262. The van der Waals surface area contributed by atoms with Crippen LogP contribution in [0.4, 0.5) is 0 Å². The Bertz CT molecular complexity index is 524. The number of nitrogens with two attached hydrogens (primary N) is 1. The number of benzene rings is 1. The van der Waals surface area contributed by atoms with Gasteiger partial charge in [-0.2, -0.15) is 0 Å². The third-order valence-corrected chi connectivity index (χ3v) is 3.29. The van der Waals surface area contributed by atoms with Gasteiger partial charge in [0.15, 0.2) is 5.84 Å². The van der Waals surface area contributed by atoms with E-state index in [4.69, 9.17) is 10.9 Å². The molecule has 2 rings (SSSR count). The molecular formula is C14H20N4O2. The van der Waals surface area contributed by atoms with Crippen LogP contribution in [0.5, 0.6) is 0 Å². The third kappa shape index (κ3) is 3.96. The lowest BCUT2D eigenvalue weighted by atomic mass is 10.0. The number of nitrogens with zero attached hydrogens (tertiary/aromatic N) is 1. The van der Waals surface area contributed by atoms with E-state index in [9.17, 15) is 4.79 Å². The number of oxime groups is 1. The van der Waals surface area contributed by atoms with Crippen molar-refractivity contribution in [3.63, 3.8) is 0 Å². The second-order valence-corrected chi connectivity index (χ2v) is 5.07. The Morgan fingerprint density at radius 1 is 1.50 bits per heavy atom. The van der Waals surface area contributed by atoms with Crippen molar-refractivity contribution in [2.45, 2.75) is 32.4 Å². The summed E-state index contributed by atoms with van der Waals surface area (Å²) < 4.78 is 0. The molecule has 0 bridgehead atoms. The summed E-state index contributed by atoms with van der Waals surface area (Å²) in [6.45, 7) is 2.88. The van der Waals surface area contributed by atoms with Gasteiger partial charge >= 0.3 is 0 Å².